The van der Waals surface area contributed by atoms with Crippen LogP contribution in [-0.4, -0.2) is 10.2 Å². The first-order chi connectivity index (χ1) is 8.01. The number of amides is 1. The topological polar surface area (TPSA) is 29.1 Å². The second-order valence-corrected chi connectivity index (χ2v) is 6.96. The van der Waals surface area contributed by atoms with E-state index in [1.807, 2.05) is 0 Å². The number of hydrogen-bond donors (Lipinski definition) is 1. The van der Waals surface area contributed by atoms with Gasteiger partial charge in [0.15, 0.2) is 0 Å². The second-order valence-electron chi connectivity index (χ2n) is 4.12. The van der Waals surface area contributed by atoms with Crippen LogP contribution in [-0.2, 0) is 11.0 Å². The average molecular weight is 389 g/mol. The molecule has 0 aliphatic rings. The van der Waals surface area contributed by atoms with Gasteiger partial charge in [0.05, 0.1) is 9.89 Å². The third-order valence-electron chi connectivity index (χ3n) is 2.07. The highest BCUT2D eigenvalue weighted by Gasteiger charge is 2.33. The molecule has 18 heavy (non-hydrogen) atoms. The van der Waals surface area contributed by atoms with E-state index in [1.54, 1.807) is 13.8 Å². The van der Waals surface area contributed by atoms with Gasteiger partial charge in [0.1, 0.15) is 0 Å². The van der Waals surface area contributed by atoms with Crippen LogP contribution in [0.4, 0.5) is 18.9 Å². The largest absolute Gasteiger partial charge is 0.417 e. The van der Waals surface area contributed by atoms with Gasteiger partial charge in [-0.2, -0.15) is 13.2 Å². The molecule has 0 aliphatic carbocycles. The molecule has 0 bridgehead atoms. The summed E-state index contributed by atoms with van der Waals surface area (Å²) in [5.74, 6) is -0.419. The summed E-state index contributed by atoms with van der Waals surface area (Å²) in [7, 11) is 0. The van der Waals surface area contributed by atoms with Crippen molar-refractivity contribution in [3.63, 3.8) is 0 Å². The molecule has 1 rings (SSSR count). The van der Waals surface area contributed by atoms with E-state index in [-0.39, 0.29) is 10.2 Å². The number of carbonyl (C=O) groups excluding carboxylic acids is 1. The molecule has 0 fully saturated rings. The van der Waals surface area contributed by atoms with Crippen molar-refractivity contribution in [2.24, 2.45) is 0 Å². The monoisotopic (exact) mass is 387 g/mol. The Bertz CT molecular complexity index is 466. The number of hydrogen-bond acceptors (Lipinski definition) is 1. The van der Waals surface area contributed by atoms with Crippen molar-refractivity contribution in [1.29, 1.82) is 0 Å². The molecule has 0 saturated carbocycles. The van der Waals surface area contributed by atoms with Crippen molar-refractivity contribution < 1.29 is 18.0 Å². The highest BCUT2D eigenvalue weighted by atomic mass is 79.9. The van der Waals surface area contributed by atoms with Crippen LogP contribution in [0.15, 0.2) is 22.7 Å². The first kappa shape index (κ1) is 15.5. The minimum atomic E-state index is -4.47. The quantitative estimate of drug-likeness (QED) is 0.738. The summed E-state index contributed by atoms with van der Waals surface area (Å²) in [6, 6.07) is 3.54. The van der Waals surface area contributed by atoms with E-state index < -0.39 is 22.0 Å². The van der Waals surface area contributed by atoms with Crippen molar-refractivity contribution in [2.75, 3.05) is 5.32 Å². The summed E-state index contributed by atoms with van der Waals surface area (Å²) in [5, 5.41) is 2.41. The van der Waals surface area contributed by atoms with Crippen LogP contribution >= 0.6 is 31.9 Å². The molecule has 1 N–H and O–H groups in total. The molecule has 2 nitrogen and oxygen atoms in total. The number of nitrogens with one attached hydrogen (secondary N) is 1. The zero-order valence-corrected chi connectivity index (χ0v) is 12.7. The van der Waals surface area contributed by atoms with Crippen molar-refractivity contribution in [3.05, 3.63) is 28.2 Å². The maximum Gasteiger partial charge on any atom is 0.417 e. The van der Waals surface area contributed by atoms with Gasteiger partial charge < -0.3 is 5.32 Å². The smallest absolute Gasteiger partial charge is 0.325 e. The lowest BCUT2D eigenvalue weighted by Gasteiger charge is -2.17. The van der Waals surface area contributed by atoms with Crippen LogP contribution in [0.25, 0.3) is 0 Å². The van der Waals surface area contributed by atoms with Gasteiger partial charge in [0.25, 0.3) is 0 Å². The van der Waals surface area contributed by atoms with Gasteiger partial charge in [0, 0.05) is 10.2 Å². The Morgan fingerprint density at radius 2 is 1.83 bits per heavy atom. The van der Waals surface area contributed by atoms with Gasteiger partial charge in [-0.05, 0) is 32.0 Å². The maximum atomic E-state index is 12.6. The van der Waals surface area contributed by atoms with E-state index in [0.717, 1.165) is 6.07 Å². The zero-order chi connectivity index (χ0) is 14.1. The van der Waals surface area contributed by atoms with E-state index in [1.165, 1.54) is 12.1 Å². The van der Waals surface area contributed by atoms with Crippen LogP contribution in [0, 0.1) is 0 Å². The van der Waals surface area contributed by atoms with E-state index in [4.69, 9.17) is 0 Å². The third kappa shape index (κ3) is 3.98. The summed E-state index contributed by atoms with van der Waals surface area (Å²) in [4.78, 5) is 11.6. The molecule has 7 heteroatoms. The molecule has 1 aromatic carbocycles. The Labute approximate surface area is 119 Å². The number of rotatable bonds is 2. The van der Waals surface area contributed by atoms with Crippen molar-refractivity contribution >= 4 is 43.5 Å². The first-order valence-corrected chi connectivity index (χ1v) is 6.47. The van der Waals surface area contributed by atoms with Gasteiger partial charge >= 0.3 is 6.18 Å². The number of halogens is 5. The molecule has 0 saturated heterocycles. The maximum absolute atomic E-state index is 12.6. The number of anilines is 1. The number of carbonyl (C=O) groups is 1. The molecule has 0 heterocycles. The first-order valence-electron chi connectivity index (χ1n) is 4.89. The predicted molar refractivity (Wildman–Crippen MR) is 70.8 cm³/mol. The molecular weight excluding hydrogens is 379 g/mol. The Hall–Kier alpha value is -0.560. The zero-order valence-electron chi connectivity index (χ0n) is 9.53. The molecule has 1 amide bonds. The number of alkyl halides is 4. The molecule has 0 unspecified atom stereocenters. The molecule has 0 atom stereocenters. The lowest BCUT2D eigenvalue weighted by Crippen LogP contribution is -2.31. The fraction of sp³-hybridized carbons (Fsp3) is 0.364. The molecule has 0 spiro atoms. The summed E-state index contributed by atoms with van der Waals surface area (Å²) >= 11 is 5.96. The molecule has 1 aromatic rings. The predicted octanol–water partition coefficient (Wildman–Crippen LogP) is 4.58. The van der Waals surface area contributed by atoms with Crippen LogP contribution in [0.2, 0.25) is 0 Å². The lowest BCUT2D eigenvalue weighted by molar-refractivity contribution is -0.138. The molecule has 0 radical (unpaired) electrons. The van der Waals surface area contributed by atoms with Crippen LogP contribution in [0.3, 0.4) is 0 Å². The summed E-state index contributed by atoms with van der Waals surface area (Å²) in [6.07, 6.45) is -4.47. The summed E-state index contributed by atoms with van der Waals surface area (Å²) < 4.78 is 37.0. The van der Waals surface area contributed by atoms with Crippen molar-refractivity contribution in [2.45, 2.75) is 24.3 Å². The van der Waals surface area contributed by atoms with Gasteiger partial charge in [-0.1, -0.05) is 31.9 Å². The molecule has 0 aliphatic heterocycles. The third-order valence-corrected chi connectivity index (χ3v) is 3.12. The van der Waals surface area contributed by atoms with E-state index >= 15 is 0 Å². The van der Waals surface area contributed by atoms with Crippen LogP contribution in [0.5, 0.6) is 0 Å². The summed E-state index contributed by atoms with van der Waals surface area (Å²) in [5.41, 5.74) is -0.726. The second kappa shape index (κ2) is 5.21. The minimum Gasteiger partial charge on any atom is -0.325 e. The Morgan fingerprint density at radius 3 is 2.28 bits per heavy atom. The fourth-order valence-electron chi connectivity index (χ4n) is 1.10. The lowest BCUT2D eigenvalue weighted by atomic mass is 10.1. The van der Waals surface area contributed by atoms with Crippen LogP contribution < -0.4 is 5.32 Å². The van der Waals surface area contributed by atoms with Crippen molar-refractivity contribution in [3.8, 4) is 0 Å². The van der Waals surface area contributed by atoms with Crippen LogP contribution in [0.1, 0.15) is 19.4 Å². The fourth-order valence-corrected chi connectivity index (χ4v) is 1.67. The van der Waals surface area contributed by atoms with E-state index in [2.05, 4.69) is 37.2 Å². The van der Waals surface area contributed by atoms with Gasteiger partial charge in [-0.15, -0.1) is 0 Å². The van der Waals surface area contributed by atoms with E-state index in [9.17, 15) is 18.0 Å². The van der Waals surface area contributed by atoms with Gasteiger partial charge in [-0.3, -0.25) is 4.79 Å². The minimum absolute atomic E-state index is 0.0638. The molecule has 100 valence electrons. The standard InChI is InChI=1S/C11H10Br2F3NO/c1-10(2,13)9(18)17-6-3-4-8(12)7(5-6)11(14,15)16/h3-5H,1-2H3,(H,17,18). The van der Waals surface area contributed by atoms with Crippen molar-refractivity contribution in [1.82, 2.24) is 0 Å². The van der Waals surface area contributed by atoms with Gasteiger partial charge in [0.2, 0.25) is 5.91 Å². The SMILES string of the molecule is CC(C)(Br)C(=O)Nc1ccc(Br)c(C(F)(F)F)c1. The number of benzene rings is 1. The Kier molecular flexibility index (Phi) is 4.48. The highest BCUT2D eigenvalue weighted by molar-refractivity contribution is 9.10. The molecule has 0 aromatic heterocycles. The highest BCUT2D eigenvalue weighted by Crippen LogP contribution is 2.36. The van der Waals surface area contributed by atoms with E-state index in [0.29, 0.717) is 0 Å². The normalized spacial score (nSPS) is 12.4. The Balaban J connectivity index is 3.04. The Morgan fingerprint density at radius 1 is 1.28 bits per heavy atom. The summed E-state index contributed by atoms with van der Waals surface area (Å²) in [6.45, 7) is 3.21. The average Bonchev–Trinajstić information content (AvgIpc) is 2.17. The van der Waals surface area contributed by atoms with Gasteiger partial charge in [-0.25, -0.2) is 0 Å². The molecular formula is C11H10Br2F3NO.